The van der Waals surface area contributed by atoms with E-state index in [4.69, 9.17) is 5.11 Å². The van der Waals surface area contributed by atoms with Gasteiger partial charge in [0, 0.05) is 13.1 Å². The fourth-order valence-electron chi connectivity index (χ4n) is 1.72. The van der Waals surface area contributed by atoms with Gasteiger partial charge in [-0.25, -0.2) is 8.78 Å². The molecule has 1 heterocycles. The highest BCUT2D eigenvalue weighted by Crippen LogP contribution is 2.23. The molecule has 0 aromatic carbocycles. The van der Waals surface area contributed by atoms with Crippen LogP contribution in [-0.4, -0.2) is 33.3 Å². The van der Waals surface area contributed by atoms with E-state index in [1.165, 1.54) is 6.92 Å². The van der Waals surface area contributed by atoms with Crippen molar-refractivity contribution in [1.29, 1.82) is 0 Å². The fraction of sp³-hybridized carbons (Fsp3) is 0.615. The molecule has 0 fully saturated rings. The Balaban J connectivity index is 2.89. The first-order chi connectivity index (χ1) is 9.73. The van der Waals surface area contributed by atoms with E-state index in [2.05, 4.69) is 10.4 Å². The number of amides is 1. The lowest BCUT2D eigenvalue weighted by molar-refractivity contribution is -0.140. The average Bonchev–Trinajstić information content (AvgIpc) is 2.78. The zero-order valence-electron chi connectivity index (χ0n) is 12.1. The van der Waals surface area contributed by atoms with Crippen molar-refractivity contribution in [3.8, 4) is 0 Å². The van der Waals surface area contributed by atoms with Gasteiger partial charge in [0.15, 0.2) is 0 Å². The van der Waals surface area contributed by atoms with Gasteiger partial charge in [-0.3, -0.25) is 14.3 Å². The molecule has 1 rings (SSSR count). The van der Waals surface area contributed by atoms with Gasteiger partial charge in [0.05, 0.1) is 17.7 Å². The molecule has 1 aromatic rings. The van der Waals surface area contributed by atoms with Crippen LogP contribution in [0.2, 0.25) is 0 Å². The number of hydrogen-bond donors (Lipinski definition) is 2. The van der Waals surface area contributed by atoms with Crippen LogP contribution in [-0.2, 0) is 11.3 Å². The number of carboxylic acids is 1. The molecule has 0 aliphatic rings. The molecule has 1 unspecified atom stereocenters. The Morgan fingerprint density at radius 3 is 2.48 bits per heavy atom. The first kappa shape index (κ1) is 17.1. The number of alkyl halides is 2. The summed E-state index contributed by atoms with van der Waals surface area (Å²) in [5, 5.41) is 14.9. The van der Waals surface area contributed by atoms with Crippen molar-refractivity contribution in [2.75, 3.05) is 6.54 Å². The molecule has 8 heteroatoms. The molecule has 21 heavy (non-hydrogen) atoms. The molecule has 6 nitrogen and oxygen atoms in total. The fourth-order valence-corrected chi connectivity index (χ4v) is 1.72. The number of carbonyl (C=O) groups excluding carboxylic acids is 1. The number of halogens is 2. The van der Waals surface area contributed by atoms with Crippen LogP contribution >= 0.6 is 0 Å². The molecule has 2 N–H and O–H groups in total. The van der Waals surface area contributed by atoms with Crippen molar-refractivity contribution in [2.45, 2.75) is 33.7 Å². The molecule has 1 aromatic heterocycles. The van der Waals surface area contributed by atoms with E-state index < -0.39 is 29.9 Å². The Morgan fingerprint density at radius 1 is 1.38 bits per heavy atom. The Hall–Kier alpha value is -1.99. The summed E-state index contributed by atoms with van der Waals surface area (Å²) in [5.41, 5.74) is -0.660. The second-order valence-electron chi connectivity index (χ2n) is 5.27. The highest BCUT2D eigenvalue weighted by molar-refractivity contribution is 5.95. The summed E-state index contributed by atoms with van der Waals surface area (Å²) in [6, 6.07) is 0. The van der Waals surface area contributed by atoms with Crippen molar-refractivity contribution < 1.29 is 23.5 Å². The predicted molar refractivity (Wildman–Crippen MR) is 71.2 cm³/mol. The number of aliphatic carboxylic acids is 1. The number of rotatable bonds is 7. The van der Waals surface area contributed by atoms with E-state index in [9.17, 15) is 18.4 Å². The first-order valence-electron chi connectivity index (χ1n) is 6.58. The van der Waals surface area contributed by atoms with E-state index >= 15 is 0 Å². The molecule has 0 aliphatic carbocycles. The van der Waals surface area contributed by atoms with Crippen LogP contribution in [0.15, 0.2) is 6.20 Å². The third-order valence-corrected chi connectivity index (χ3v) is 2.86. The number of nitrogens with one attached hydrogen (secondary N) is 1. The Bertz CT molecular complexity index is 515. The van der Waals surface area contributed by atoms with Gasteiger partial charge >= 0.3 is 5.97 Å². The van der Waals surface area contributed by atoms with Gasteiger partial charge in [-0.2, -0.15) is 5.10 Å². The Kier molecular flexibility index (Phi) is 5.80. The van der Waals surface area contributed by atoms with Gasteiger partial charge in [-0.1, -0.05) is 20.8 Å². The minimum atomic E-state index is -2.83. The maximum absolute atomic E-state index is 13.1. The lowest BCUT2D eigenvalue weighted by atomic mass is 10.1. The summed E-state index contributed by atoms with van der Waals surface area (Å²) in [5.74, 6) is -2.51. The minimum Gasteiger partial charge on any atom is -0.481 e. The molecular weight excluding hydrogens is 284 g/mol. The number of nitrogens with zero attached hydrogens (tertiary/aromatic N) is 2. The topological polar surface area (TPSA) is 84.2 Å². The second-order valence-corrected chi connectivity index (χ2v) is 5.27. The van der Waals surface area contributed by atoms with Crippen molar-refractivity contribution in [3.63, 3.8) is 0 Å². The molecule has 1 amide bonds. The summed E-state index contributed by atoms with van der Waals surface area (Å²) in [7, 11) is 0. The number of carboxylic acid groups (broad SMARTS) is 1. The van der Waals surface area contributed by atoms with Gasteiger partial charge in [0.1, 0.15) is 5.69 Å². The molecule has 0 bridgehead atoms. The molecule has 0 saturated carbocycles. The molecule has 118 valence electrons. The third kappa shape index (κ3) is 4.51. The quantitative estimate of drug-likeness (QED) is 0.806. The van der Waals surface area contributed by atoms with Crippen LogP contribution in [0, 0.1) is 11.8 Å². The third-order valence-electron chi connectivity index (χ3n) is 2.86. The van der Waals surface area contributed by atoms with Gasteiger partial charge in [0.2, 0.25) is 0 Å². The van der Waals surface area contributed by atoms with Crippen LogP contribution in [0.5, 0.6) is 0 Å². The zero-order chi connectivity index (χ0) is 16.2. The van der Waals surface area contributed by atoms with Crippen molar-refractivity contribution in [3.05, 3.63) is 17.5 Å². The zero-order valence-corrected chi connectivity index (χ0v) is 12.1. The largest absolute Gasteiger partial charge is 0.481 e. The lowest BCUT2D eigenvalue weighted by Crippen LogP contribution is -2.32. The van der Waals surface area contributed by atoms with Crippen molar-refractivity contribution in [2.24, 2.45) is 11.8 Å². The standard InChI is InChI=1S/C13H19F2N3O3/c1-7(2)6-18-10(11(14)15)9(5-17-18)12(19)16-4-8(3)13(20)21/h5,7-8,11H,4,6H2,1-3H3,(H,16,19)(H,20,21). The minimum absolute atomic E-state index is 0.102. The molecule has 0 saturated heterocycles. The van der Waals surface area contributed by atoms with Gasteiger partial charge in [0.25, 0.3) is 12.3 Å². The van der Waals surface area contributed by atoms with Gasteiger partial charge in [-0.15, -0.1) is 0 Å². The van der Waals surface area contributed by atoms with Crippen LogP contribution in [0.4, 0.5) is 8.78 Å². The molecule has 0 aliphatic heterocycles. The smallest absolute Gasteiger partial charge is 0.308 e. The summed E-state index contributed by atoms with van der Waals surface area (Å²) in [6.07, 6.45) is -1.74. The normalized spacial score (nSPS) is 12.7. The van der Waals surface area contributed by atoms with Gasteiger partial charge in [-0.05, 0) is 5.92 Å². The predicted octanol–water partition coefficient (Wildman–Crippen LogP) is 1.93. The molecular formula is C13H19F2N3O3. The molecule has 0 radical (unpaired) electrons. The second kappa shape index (κ2) is 7.14. The van der Waals surface area contributed by atoms with Crippen LogP contribution in [0.25, 0.3) is 0 Å². The van der Waals surface area contributed by atoms with Crippen LogP contribution in [0.1, 0.15) is 43.2 Å². The Labute approximate surface area is 121 Å². The Morgan fingerprint density at radius 2 is 2.00 bits per heavy atom. The van der Waals surface area contributed by atoms with E-state index in [-0.39, 0.29) is 24.6 Å². The highest BCUT2D eigenvalue weighted by Gasteiger charge is 2.25. The van der Waals surface area contributed by atoms with Crippen molar-refractivity contribution in [1.82, 2.24) is 15.1 Å². The van der Waals surface area contributed by atoms with Crippen molar-refractivity contribution >= 4 is 11.9 Å². The summed E-state index contributed by atoms with van der Waals surface area (Å²) in [6.45, 7) is 5.26. The van der Waals surface area contributed by atoms with E-state index in [0.717, 1.165) is 10.9 Å². The maximum Gasteiger partial charge on any atom is 0.308 e. The summed E-state index contributed by atoms with van der Waals surface area (Å²) >= 11 is 0. The monoisotopic (exact) mass is 303 g/mol. The maximum atomic E-state index is 13.1. The molecule has 1 atom stereocenters. The SMILES string of the molecule is CC(C)Cn1ncc(C(=O)NCC(C)C(=O)O)c1C(F)F. The van der Waals surface area contributed by atoms with E-state index in [1.807, 2.05) is 13.8 Å². The van der Waals surface area contributed by atoms with Crippen LogP contribution in [0.3, 0.4) is 0 Å². The summed E-state index contributed by atoms with van der Waals surface area (Å²) < 4.78 is 27.4. The van der Waals surface area contributed by atoms with E-state index in [0.29, 0.717) is 0 Å². The number of hydrogen-bond acceptors (Lipinski definition) is 3. The lowest BCUT2D eigenvalue weighted by Gasteiger charge is -2.11. The number of aromatic nitrogens is 2. The average molecular weight is 303 g/mol. The van der Waals surface area contributed by atoms with Crippen LogP contribution < -0.4 is 5.32 Å². The number of carbonyl (C=O) groups is 2. The molecule has 0 spiro atoms. The van der Waals surface area contributed by atoms with E-state index in [1.54, 1.807) is 0 Å². The highest BCUT2D eigenvalue weighted by atomic mass is 19.3. The summed E-state index contributed by atoms with van der Waals surface area (Å²) in [4.78, 5) is 22.6. The van der Waals surface area contributed by atoms with Gasteiger partial charge < -0.3 is 10.4 Å². The first-order valence-corrected chi connectivity index (χ1v) is 6.58.